The summed E-state index contributed by atoms with van der Waals surface area (Å²) in [5.41, 5.74) is 6.61. The first kappa shape index (κ1) is 19.4. The first-order valence-electron chi connectivity index (χ1n) is 11.0. The van der Waals surface area contributed by atoms with Crippen molar-refractivity contribution < 1.29 is 14.3 Å². The second-order valence-corrected chi connectivity index (χ2v) is 9.92. The van der Waals surface area contributed by atoms with Gasteiger partial charge in [0.15, 0.2) is 5.96 Å². The first-order valence-corrected chi connectivity index (χ1v) is 11.0. The van der Waals surface area contributed by atoms with Crippen LogP contribution < -0.4 is 15.8 Å². The van der Waals surface area contributed by atoms with Crippen molar-refractivity contribution in [2.24, 2.45) is 22.1 Å². The van der Waals surface area contributed by atoms with E-state index in [1.807, 2.05) is 38.1 Å². The van der Waals surface area contributed by atoms with Gasteiger partial charge in [-0.25, -0.2) is 4.99 Å². The average molecular weight is 411 g/mol. The zero-order chi connectivity index (χ0) is 21.3. The van der Waals surface area contributed by atoms with Crippen molar-refractivity contribution in [3.05, 3.63) is 29.8 Å². The molecule has 2 heterocycles. The third-order valence-electron chi connectivity index (χ3n) is 7.20. The van der Waals surface area contributed by atoms with E-state index in [4.69, 9.17) is 10.5 Å². The molecule has 0 bridgehead atoms. The Morgan fingerprint density at radius 1 is 1.33 bits per heavy atom. The Balaban J connectivity index is 1.27. The van der Waals surface area contributed by atoms with E-state index in [0.29, 0.717) is 12.4 Å². The lowest BCUT2D eigenvalue weighted by atomic mass is 9.95. The normalized spacial score (nSPS) is 35.9. The minimum atomic E-state index is -0.452. The highest BCUT2D eigenvalue weighted by Gasteiger charge is 2.75. The van der Waals surface area contributed by atoms with Gasteiger partial charge in [-0.05, 0) is 39.2 Å². The number of para-hydroxylation sites is 1. The lowest BCUT2D eigenvalue weighted by molar-refractivity contribution is -0.130. The van der Waals surface area contributed by atoms with Crippen molar-refractivity contribution in [2.75, 3.05) is 0 Å². The number of carbonyl (C=O) groups excluding carboxylic acids is 2. The number of nitrogens with two attached hydrogens (primary N) is 1. The summed E-state index contributed by atoms with van der Waals surface area (Å²) in [6.07, 6.45) is 3.79. The fraction of sp³-hybridized carbons (Fsp3) is 0.609. The maximum Gasteiger partial charge on any atom is 0.231 e. The van der Waals surface area contributed by atoms with Crippen LogP contribution in [0.5, 0.6) is 5.75 Å². The third kappa shape index (κ3) is 3.06. The summed E-state index contributed by atoms with van der Waals surface area (Å²) in [6, 6.07) is 7.91. The number of ether oxygens (including phenoxy) is 1. The summed E-state index contributed by atoms with van der Waals surface area (Å²) >= 11 is 0. The maximum absolute atomic E-state index is 13.1. The zero-order valence-electron chi connectivity index (χ0n) is 17.9. The number of aliphatic imine (C=N–C) groups is 1. The van der Waals surface area contributed by atoms with Crippen LogP contribution in [0.15, 0.2) is 29.3 Å². The highest BCUT2D eigenvalue weighted by atomic mass is 16.5. The molecule has 2 aliphatic heterocycles. The number of nitrogens with zero attached hydrogens (tertiary/aromatic N) is 2. The van der Waals surface area contributed by atoms with Gasteiger partial charge < -0.3 is 15.8 Å². The number of amides is 2. The molecule has 30 heavy (non-hydrogen) atoms. The fourth-order valence-corrected chi connectivity index (χ4v) is 5.39. The fourth-order valence-electron chi connectivity index (χ4n) is 5.39. The monoisotopic (exact) mass is 410 g/mol. The summed E-state index contributed by atoms with van der Waals surface area (Å²) in [6.45, 7) is 5.94. The van der Waals surface area contributed by atoms with E-state index >= 15 is 0 Å². The molecule has 2 saturated carbocycles. The van der Waals surface area contributed by atoms with Gasteiger partial charge in [-0.2, -0.15) is 0 Å². The number of hydrogen-bond acceptors (Lipinski definition) is 5. The van der Waals surface area contributed by atoms with E-state index in [-0.39, 0.29) is 41.3 Å². The van der Waals surface area contributed by atoms with Crippen LogP contribution in [-0.4, -0.2) is 40.4 Å². The number of guanidine groups is 1. The highest BCUT2D eigenvalue weighted by Crippen LogP contribution is 2.72. The lowest BCUT2D eigenvalue weighted by Gasteiger charge is -2.33. The first-order chi connectivity index (χ1) is 14.2. The molecule has 2 aliphatic carbocycles. The van der Waals surface area contributed by atoms with Crippen LogP contribution >= 0.6 is 0 Å². The van der Waals surface area contributed by atoms with Gasteiger partial charge in [-0.3, -0.25) is 14.5 Å². The summed E-state index contributed by atoms with van der Waals surface area (Å²) in [4.78, 5) is 31.9. The number of fused-ring (bicyclic) bond motifs is 1. The van der Waals surface area contributed by atoms with Crippen molar-refractivity contribution >= 4 is 17.8 Å². The van der Waals surface area contributed by atoms with Crippen LogP contribution in [0.4, 0.5) is 0 Å². The van der Waals surface area contributed by atoms with Gasteiger partial charge in [0.2, 0.25) is 11.8 Å². The van der Waals surface area contributed by atoms with Crippen LogP contribution in [0.2, 0.25) is 0 Å². The molecule has 2 amide bonds. The molecule has 1 aromatic rings. The Hall–Kier alpha value is -2.57. The molecule has 2 unspecified atom stereocenters. The minimum absolute atomic E-state index is 0.00552. The van der Waals surface area contributed by atoms with Crippen LogP contribution in [0.25, 0.3) is 0 Å². The van der Waals surface area contributed by atoms with Gasteiger partial charge in [0.05, 0.1) is 18.0 Å². The van der Waals surface area contributed by atoms with Crippen LogP contribution in [0.1, 0.15) is 64.5 Å². The Morgan fingerprint density at radius 3 is 2.83 bits per heavy atom. The molecule has 2 fully saturated rings. The smallest absolute Gasteiger partial charge is 0.231 e. The van der Waals surface area contributed by atoms with Gasteiger partial charge in [-0.15, -0.1) is 0 Å². The molecule has 5 atom stereocenters. The number of benzene rings is 1. The van der Waals surface area contributed by atoms with E-state index in [0.717, 1.165) is 37.0 Å². The van der Waals surface area contributed by atoms with Gasteiger partial charge in [-0.1, -0.05) is 25.1 Å². The van der Waals surface area contributed by atoms with Crippen LogP contribution in [0, 0.1) is 11.3 Å². The van der Waals surface area contributed by atoms with Gasteiger partial charge >= 0.3 is 0 Å². The molecular formula is C23H30N4O3. The van der Waals surface area contributed by atoms with Crippen molar-refractivity contribution in [1.29, 1.82) is 0 Å². The number of nitrogens with one attached hydrogen (secondary N) is 1. The molecule has 1 spiro atoms. The van der Waals surface area contributed by atoms with Crippen LogP contribution in [-0.2, 0) is 9.59 Å². The molecule has 7 nitrogen and oxygen atoms in total. The number of rotatable bonds is 4. The zero-order valence-corrected chi connectivity index (χ0v) is 17.9. The van der Waals surface area contributed by atoms with Crippen molar-refractivity contribution in [3.8, 4) is 5.75 Å². The largest absolute Gasteiger partial charge is 0.490 e. The maximum atomic E-state index is 13.1. The molecule has 7 heteroatoms. The second-order valence-electron chi connectivity index (χ2n) is 9.92. The predicted octanol–water partition coefficient (Wildman–Crippen LogP) is 2.51. The van der Waals surface area contributed by atoms with Crippen LogP contribution in [0.3, 0.4) is 0 Å². The Labute approximate surface area is 177 Å². The molecule has 4 aliphatic rings. The molecule has 1 aromatic carbocycles. The Kier molecular flexibility index (Phi) is 4.18. The third-order valence-corrected chi connectivity index (χ3v) is 7.20. The van der Waals surface area contributed by atoms with E-state index in [1.165, 1.54) is 0 Å². The SMILES string of the molecule is CCC1CC(NC(=O)[C@@H]2C[C@@]23C[C@@H]3N2C(=O)CC(C)(C)N=C2N)c2ccccc2O1. The van der Waals surface area contributed by atoms with Gasteiger partial charge in [0.25, 0.3) is 0 Å². The summed E-state index contributed by atoms with van der Waals surface area (Å²) in [5, 5.41) is 3.27. The molecular weight excluding hydrogens is 380 g/mol. The lowest BCUT2D eigenvalue weighted by Crippen LogP contribution is -2.51. The predicted molar refractivity (Wildman–Crippen MR) is 113 cm³/mol. The van der Waals surface area contributed by atoms with Gasteiger partial charge in [0.1, 0.15) is 11.9 Å². The Morgan fingerprint density at radius 2 is 2.10 bits per heavy atom. The van der Waals surface area contributed by atoms with E-state index in [2.05, 4.69) is 17.2 Å². The van der Waals surface area contributed by atoms with Gasteiger partial charge in [0, 0.05) is 29.4 Å². The minimum Gasteiger partial charge on any atom is -0.490 e. The van der Waals surface area contributed by atoms with E-state index < -0.39 is 5.54 Å². The number of carbonyl (C=O) groups is 2. The molecule has 0 radical (unpaired) electrons. The van der Waals surface area contributed by atoms with Crippen molar-refractivity contribution in [2.45, 2.75) is 76.6 Å². The molecule has 3 N–H and O–H groups in total. The average Bonchev–Trinajstić information content (AvgIpc) is 3.58. The summed E-state index contributed by atoms with van der Waals surface area (Å²) in [7, 11) is 0. The number of hydrogen-bond donors (Lipinski definition) is 2. The molecule has 0 saturated heterocycles. The topological polar surface area (TPSA) is 97.0 Å². The Bertz CT molecular complexity index is 942. The van der Waals surface area contributed by atoms with E-state index in [9.17, 15) is 9.59 Å². The van der Waals surface area contributed by atoms with Crippen molar-refractivity contribution in [3.63, 3.8) is 0 Å². The second kappa shape index (κ2) is 6.46. The quantitative estimate of drug-likeness (QED) is 0.797. The molecule has 160 valence electrons. The molecule has 5 rings (SSSR count). The summed E-state index contributed by atoms with van der Waals surface area (Å²) in [5.74, 6) is 1.20. The molecule has 0 aromatic heterocycles. The van der Waals surface area contributed by atoms with Crippen molar-refractivity contribution in [1.82, 2.24) is 10.2 Å². The summed E-state index contributed by atoms with van der Waals surface area (Å²) < 4.78 is 6.04. The van der Waals surface area contributed by atoms with E-state index in [1.54, 1.807) is 4.90 Å². The standard InChI is InChI=1S/C23H30N4O3/c1-4-13-9-16(14-7-5-6-8-17(14)30-13)25-20(29)15-10-23(15)11-18(23)27-19(28)12-22(2,3)26-21(27)24/h5-8,13,15-16,18H,4,9-12H2,1-3H3,(H2,24,26)(H,25,29)/t13?,15-,16?,18-,23+/m0/s1. The highest BCUT2D eigenvalue weighted by molar-refractivity contribution is 6.00.